The zero-order chi connectivity index (χ0) is 22.2. The van der Waals surface area contributed by atoms with E-state index in [1.54, 1.807) is 14.2 Å². The van der Waals surface area contributed by atoms with Crippen molar-refractivity contribution in [2.24, 2.45) is 4.99 Å². The molecule has 1 saturated heterocycles. The maximum Gasteiger partial charge on any atom is 0.191 e. The molecule has 31 heavy (non-hydrogen) atoms. The van der Waals surface area contributed by atoms with Gasteiger partial charge in [0, 0.05) is 56.6 Å². The first-order valence-corrected chi connectivity index (χ1v) is 11.0. The van der Waals surface area contributed by atoms with Gasteiger partial charge in [0.05, 0.1) is 14.2 Å². The SMILES string of the molecule is CN=C(NCC(C)c1cccc(C)c1)NC1CCN(c2cc(OC)cc(OC)c2)CC1. The predicted octanol–water partition coefficient (Wildman–Crippen LogP) is 3.95. The van der Waals surface area contributed by atoms with Gasteiger partial charge in [0.15, 0.2) is 5.96 Å². The summed E-state index contributed by atoms with van der Waals surface area (Å²) in [6.07, 6.45) is 2.10. The molecule has 6 nitrogen and oxygen atoms in total. The van der Waals surface area contributed by atoms with Gasteiger partial charge in [-0.25, -0.2) is 0 Å². The summed E-state index contributed by atoms with van der Waals surface area (Å²) < 4.78 is 10.8. The van der Waals surface area contributed by atoms with E-state index in [2.05, 4.69) is 70.8 Å². The molecule has 1 aliphatic rings. The van der Waals surface area contributed by atoms with Gasteiger partial charge >= 0.3 is 0 Å². The Kier molecular flexibility index (Phi) is 8.04. The lowest BCUT2D eigenvalue weighted by atomic mass is 9.99. The third-order valence-electron chi connectivity index (χ3n) is 5.95. The molecule has 0 amide bonds. The molecule has 2 aromatic rings. The fourth-order valence-electron chi connectivity index (χ4n) is 3.99. The first-order valence-electron chi connectivity index (χ1n) is 11.0. The van der Waals surface area contributed by atoms with Gasteiger partial charge in [-0.3, -0.25) is 4.99 Å². The second kappa shape index (κ2) is 10.9. The number of benzene rings is 2. The number of nitrogens with one attached hydrogen (secondary N) is 2. The second-order valence-electron chi connectivity index (χ2n) is 8.24. The molecular weight excluding hydrogens is 388 g/mol. The van der Waals surface area contributed by atoms with E-state index in [1.807, 2.05) is 13.1 Å². The van der Waals surface area contributed by atoms with E-state index in [1.165, 1.54) is 11.1 Å². The summed E-state index contributed by atoms with van der Waals surface area (Å²) in [5, 5.41) is 7.10. The van der Waals surface area contributed by atoms with Gasteiger partial charge in [-0.05, 0) is 31.2 Å². The minimum absolute atomic E-state index is 0.407. The van der Waals surface area contributed by atoms with Crippen LogP contribution in [0.2, 0.25) is 0 Å². The van der Waals surface area contributed by atoms with Crippen LogP contribution in [0.15, 0.2) is 47.5 Å². The van der Waals surface area contributed by atoms with Crippen molar-refractivity contribution in [3.8, 4) is 11.5 Å². The van der Waals surface area contributed by atoms with E-state index in [0.29, 0.717) is 12.0 Å². The lowest BCUT2D eigenvalue weighted by molar-refractivity contribution is 0.393. The van der Waals surface area contributed by atoms with E-state index in [0.717, 1.165) is 55.6 Å². The highest BCUT2D eigenvalue weighted by Gasteiger charge is 2.21. The minimum Gasteiger partial charge on any atom is -0.497 e. The largest absolute Gasteiger partial charge is 0.497 e. The Labute approximate surface area is 186 Å². The Morgan fingerprint density at radius 2 is 1.77 bits per heavy atom. The summed E-state index contributed by atoms with van der Waals surface area (Å²) in [5.74, 6) is 2.94. The standard InChI is InChI=1S/C25H36N4O2/c1-18-7-6-8-20(13-18)19(2)17-27-25(26-3)28-21-9-11-29(12-10-21)22-14-23(30-4)16-24(15-22)31-5/h6-8,13-16,19,21H,9-12,17H2,1-5H3,(H2,26,27,28). The minimum atomic E-state index is 0.407. The predicted molar refractivity (Wildman–Crippen MR) is 129 cm³/mol. The Morgan fingerprint density at radius 1 is 1.10 bits per heavy atom. The van der Waals surface area contributed by atoms with Crippen molar-refractivity contribution in [3.05, 3.63) is 53.6 Å². The van der Waals surface area contributed by atoms with Crippen molar-refractivity contribution < 1.29 is 9.47 Å². The molecule has 168 valence electrons. The highest BCUT2D eigenvalue weighted by molar-refractivity contribution is 5.80. The third kappa shape index (κ3) is 6.29. The lowest BCUT2D eigenvalue weighted by Gasteiger charge is -2.35. The van der Waals surface area contributed by atoms with E-state index in [-0.39, 0.29) is 0 Å². The lowest BCUT2D eigenvalue weighted by Crippen LogP contribution is -2.49. The average Bonchev–Trinajstić information content (AvgIpc) is 2.81. The number of methoxy groups -OCH3 is 2. The molecule has 3 rings (SSSR count). The summed E-state index contributed by atoms with van der Waals surface area (Å²) in [6, 6.07) is 15.2. The highest BCUT2D eigenvalue weighted by Crippen LogP contribution is 2.30. The van der Waals surface area contributed by atoms with Crippen LogP contribution >= 0.6 is 0 Å². The summed E-state index contributed by atoms with van der Waals surface area (Å²) in [4.78, 5) is 6.82. The van der Waals surface area contributed by atoms with Crippen LogP contribution in [-0.4, -0.2) is 52.9 Å². The molecule has 6 heteroatoms. The number of guanidine groups is 1. The summed E-state index contributed by atoms with van der Waals surface area (Å²) >= 11 is 0. The normalized spacial score (nSPS) is 16.0. The number of hydrogen-bond acceptors (Lipinski definition) is 4. The molecule has 0 aromatic heterocycles. The van der Waals surface area contributed by atoms with Gasteiger partial charge in [0.25, 0.3) is 0 Å². The average molecular weight is 425 g/mol. The number of anilines is 1. The molecule has 2 aromatic carbocycles. The van der Waals surface area contributed by atoms with Gasteiger partial charge in [-0.2, -0.15) is 0 Å². The molecular formula is C25H36N4O2. The molecule has 0 bridgehead atoms. The molecule has 0 spiro atoms. The number of rotatable bonds is 7. The van der Waals surface area contributed by atoms with Crippen LogP contribution in [0, 0.1) is 6.92 Å². The Morgan fingerprint density at radius 3 is 2.35 bits per heavy atom. The van der Waals surface area contributed by atoms with Crippen LogP contribution in [0.5, 0.6) is 11.5 Å². The number of aliphatic imine (C=N–C) groups is 1. The van der Waals surface area contributed by atoms with Crippen LogP contribution in [0.4, 0.5) is 5.69 Å². The first kappa shape index (κ1) is 22.8. The summed E-state index contributed by atoms with van der Waals surface area (Å²) in [6.45, 7) is 7.19. The number of hydrogen-bond donors (Lipinski definition) is 2. The number of ether oxygens (including phenoxy) is 2. The number of aryl methyl sites for hydroxylation is 1. The maximum absolute atomic E-state index is 5.42. The van der Waals surface area contributed by atoms with Crippen LogP contribution in [0.25, 0.3) is 0 Å². The Hall–Kier alpha value is -2.89. The fraction of sp³-hybridized carbons (Fsp3) is 0.480. The van der Waals surface area contributed by atoms with Crippen molar-refractivity contribution in [3.63, 3.8) is 0 Å². The fourth-order valence-corrected chi connectivity index (χ4v) is 3.99. The molecule has 1 heterocycles. The quantitative estimate of drug-likeness (QED) is 0.521. The van der Waals surface area contributed by atoms with Crippen molar-refractivity contribution in [1.82, 2.24) is 10.6 Å². The Bertz CT molecular complexity index is 853. The van der Waals surface area contributed by atoms with Crippen LogP contribution in [-0.2, 0) is 0 Å². The molecule has 2 N–H and O–H groups in total. The van der Waals surface area contributed by atoms with Gasteiger partial charge in [-0.1, -0.05) is 36.8 Å². The van der Waals surface area contributed by atoms with Gasteiger partial charge in [-0.15, -0.1) is 0 Å². The van der Waals surface area contributed by atoms with E-state index >= 15 is 0 Å². The van der Waals surface area contributed by atoms with Crippen LogP contribution in [0.3, 0.4) is 0 Å². The zero-order valence-corrected chi connectivity index (χ0v) is 19.4. The van der Waals surface area contributed by atoms with E-state index < -0.39 is 0 Å². The first-order chi connectivity index (χ1) is 15.0. The van der Waals surface area contributed by atoms with Crippen LogP contribution < -0.4 is 25.0 Å². The molecule has 0 aliphatic carbocycles. The monoisotopic (exact) mass is 424 g/mol. The number of piperidine rings is 1. The maximum atomic E-state index is 5.42. The molecule has 0 radical (unpaired) electrons. The van der Waals surface area contributed by atoms with E-state index in [9.17, 15) is 0 Å². The van der Waals surface area contributed by atoms with Crippen molar-refractivity contribution in [2.75, 3.05) is 45.8 Å². The van der Waals surface area contributed by atoms with Gasteiger partial charge < -0.3 is 25.0 Å². The Balaban J connectivity index is 1.50. The summed E-state index contributed by atoms with van der Waals surface area (Å²) in [7, 11) is 5.21. The molecule has 1 aliphatic heterocycles. The van der Waals surface area contributed by atoms with E-state index in [4.69, 9.17) is 9.47 Å². The molecule has 1 fully saturated rings. The number of nitrogens with zero attached hydrogens (tertiary/aromatic N) is 2. The second-order valence-corrected chi connectivity index (χ2v) is 8.24. The third-order valence-corrected chi connectivity index (χ3v) is 5.95. The van der Waals surface area contributed by atoms with Gasteiger partial charge in [0.1, 0.15) is 11.5 Å². The van der Waals surface area contributed by atoms with Crippen LogP contribution in [0.1, 0.15) is 36.8 Å². The topological polar surface area (TPSA) is 58.1 Å². The van der Waals surface area contributed by atoms with Gasteiger partial charge in [0.2, 0.25) is 0 Å². The zero-order valence-electron chi connectivity index (χ0n) is 19.4. The van der Waals surface area contributed by atoms with Crippen molar-refractivity contribution >= 4 is 11.6 Å². The van der Waals surface area contributed by atoms with Crippen molar-refractivity contribution in [2.45, 2.75) is 38.6 Å². The highest BCUT2D eigenvalue weighted by atomic mass is 16.5. The molecule has 1 atom stereocenters. The summed E-state index contributed by atoms with van der Waals surface area (Å²) in [5.41, 5.74) is 3.79. The van der Waals surface area contributed by atoms with Crippen molar-refractivity contribution in [1.29, 1.82) is 0 Å². The molecule has 0 saturated carbocycles. The molecule has 1 unspecified atom stereocenters. The smallest absolute Gasteiger partial charge is 0.191 e.